The van der Waals surface area contributed by atoms with Crippen LogP contribution in [0.4, 0.5) is 5.69 Å². The molecule has 0 saturated heterocycles. The fraction of sp³-hybridized carbons (Fsp3) is 0.455. The average molecular weight is 360 g/mol. The number of halogens is 2. The first-order valence-electron chi connectivity index (χ1n) is 5.76. The summed E-state index contributed by atoms with van der Waals surface area (Å²) in [7, 11) is -2.24. The number of benzene rings is 1. The third kappa shape index (κ3) is 5.47. The van der Waals surface area contributed by atoms with Gasteiger partial charge in [0, 0.05) is 10.7 Å². The Morgan fingerprint density at radius 1 is 1.20 bits per heavy atom. The Bertz CT molecular complexity index is 684. The van der Waals surface area contributed by atoms with Crippen LogP contribution in [0.5, 0.6) is 0 Å². The highest BCUT2D eigenvalue weighted by molar-refractivity contribution is 8.13. The summed E-state index contributed by atoms with van der Waals surface area (Å²) in [5.74, 6) is 0.224. The van der Waals surface area contributed by atoms with E-state index in [4.69, 9.17) is 22.3 Å². The fourth-order valence-corrected chi connectivity index (χ4v) is 3.86. The summed E-state index contributed by atoms with van der Waals surface area (Å²) in [6, 6.07) is 3.56. The van der Waals surface area contributed by atoms with Crippen molar-refractivity contribution in [2.24, 2.45) is 5.92 Å². The van der Waals surface area contributed by atoms with E-state index in [9.17, 15) is 16.8 Å². The SMILES string of the molecule is CC(C)CCS(=O)(=O)Nc1ccc(S(=O)(=O)Cl)cc1Cl. The van der Waals surface area contributed by atoms with Crippen LogP contribution in [-0.2, 0) is 19.1 Å². The molecular formula is C11H15Cl2NO4S2. The highest BCUT2D eigenvalue weighted by Crippen LogP contribution is 2.27. The lowest BCUT2D eigenvalue weighted by Crippen LogP contribution is -2.18. The number of sulfonamides is 1. The first kappa shape index (κ1) is 17.6. The van der Waals surface area contributed by atoms with Crippen LogP contribution in [0.1, 0.15) is 20.3 Å². The molecule has 0 heterocycles. The van der Waals surface area contributed by atoms with Crippen molar-refractivity contribution in [1.82, 2.24) is 0 Å². The van der Waals surface area contributed by atoms with Gasteiger partial charge in [-0.1, -0.05) is 25.4 Å². The van der Waals surface area contributed by atoms with Crippen molar-refractivity contribution in [2.75, 3.05) is 10.5 Å². The third-order valence-corrected chi connectivity index (χ3v) is 5.42. The Morgan fingerprint density at radius 3 is 2.25 bits per heavy atom. The van der Waals surface area contributed by atoms with Gasteiger partial charge in [-0.3, -0.25) is 4.72 Å². The maximum Gasteiger partial charge on any atom is 0.261 e. The fourth-order valence-electron chi connectivity index (χ4n) is 1.34. The van der Waals surface area contributed by atoms with Crippen LogP contribution in [-0.4, -0.2) is 22.6 Å². The molecule has 1 N–H and O–H groups in total. The summed E-state index contributed by atoms with van der Waals surface area (Å²) in [6.45, 7) is 3.84. The second-order valence-corrected chi connectivity index (χ2v) is 9.50. The molecule has 20 heavy (non-hydrogen) atoms. The summed E-state index contributed by atoms with van der Waals surface area (Å²) in [5, 5.41) is -0.0279. The molecule has 0 spiro atoms. The van der Waals surface area contributed by atoms with Crippen molar-refractivity contribution >= 4 is 47.0 Å². The van der Waals surface area contributed by atoms with Crippen molar-refractivity contribution in [2.45, 2.75) is 25.2 Å². The summed E-state index contributed by atoms with van der Waals surface area (Å²) >= 11 is 5.85. The quantitative estimate of drug-likeness (QED) is 0.791. The second-order valence-electron chi connectivity index (χ2n) is 4.68. The highest BCUT2D eigenvalue weighted by atomic mass is 35.7. The average Bonchev–Trinajstić information content (AvgIpc) is 2.28. The lowest BCUT2D eigenvalue weighted by atomic mass is 10.2. The zero-order valence-corrected chi connectivity index (χ0v) is 14.1. The smallest absolute Gasteiger partial charge is 0.261 e. The van der Waals surface area contributed by atoms with E-state index in [1.807, 2.05) is 13.8 Å². The molecule has 1 rings (SSSR count). The van der Waals surface area contributed by atoms with Crippen LogP contribution >= 0.6 is 22.3 Å². The van der Waals surface area contributed by atoms with Crippen molar-refractivity contribution < 1.29 is 16.8 Å². The maximum atomic E-state index is 11.8. The highest BCUT2D eigenvalue weighted by Gasteiger charge is 2.16. The van der Waals surface area contributed by atoms with Crippen molar-refractivity contribution in [3.63, 3.8) is 0 Å². The number of anilines is 1. The van der Waals surface area contributed by atoms with Gasteiger partial charge in [-0.2, -0.15) is 0 Å². The molecule has 0 aliphatic rings. The van der Waals surface area contributed by atoms with Gasteiger partial charge in [-0.25, -0.2) is 16.8 Å². The molecule has 0 fully saturated rings. The standard InChI is InChI=1S/C11H15Cl2NO4S2/c1-8(2)5-6-19(15,16)14-11-4-3-9(7-10(11)12)20(13,17)18/h3-4,7-8,14H,5-6H2,1-2H3. The number of nitrogens with one attached hydrogen (secondary N) is 1. The van der Waals surface area contributed by atoms with E-state index in [2.05, 4.69) is 4.72 Å². The molecule has 0 saturated carbocycles. The molecule has 114 valence electrons. The van der Waals surface area contributed by atoms with Crippen LogP contribution in [0.3, 0.4) is 0 Å². The van der Waals surface area contributed by atoms with E-state index in [-0.39, 0.29) is 27.3 Å². The molecular weight excluding hydrogens is 345 g/mol. The Morgan fingerprint density at radius 2 is 1.80 bits per heavy atom. The van der Waals surface area contributed by atoms with Gasteiger partial charge in [0.1, 0.15) is 0 Å². The third-order valence-electron chi connectivity index (χ3n) is 2.45. The molecule has 5 nitrogen and oxygen atoms in total. The zero-order valence-electron chi connectivity index (χ0n) is 10.9. The largest absolute Gasteiger partial charge is 0.282 e. The Kier molecular flexibility index (Phi) is 5.71. The summed E-state index contributed by atoms with van der Waals surface area (Å²) in [4.78, 5) is -0.186. The molecule has 9 heteroatoms. The Hall–Kier alpha value is -0.500. The van der Waals surface area contributed by atoms with Gasteiger partial charge in [0.15, 0.2) is 0 Å². The molecule has 0 atom stereocenters. The Labute approximate surface area is 128 Å². The van der Waals surface area contributed by atoms with E-state index in [0.29, 0.717) is 6.42 Å². The molecule has 0 unspecified atom stereocenters. The molecule has 0 bridgehead atoms. The maximum absolute atomic E-state index is 11.8. The molecule has 0 amide bonds. The minimum Gasteiger partial charge on any atom is -0.282 e. The first-order valence-corrected chi connectivity index (χ1v) is 10.1. The number of rotatable bonds is 6. The van der Waals surface area contributed by atoms with Crippen LogP contribution < -0.4 is 4.72 Å². The van der Waals surface area contributed by atoms with E-state index >= 15 is 0 Å². The van der Waals surface area contributed by atoms with Crippen LogP contribution in [0.25, 0.3) is 0 Å². The first-order chi connectivity index (χ1) is 9.01. The minimum atomic E-state index is -3.90. The monoisotopic (exact) mass is 359 g/mol. The van der Waals surface area contributed by atoms with E-state index in [1.165, 1.54) is 12.1 Å². The van der Waals surface area contributed by atoms with Crippen molar-refractivity contribution in [1.29, 1.82) is 0 Å². The van der Waals surface area contributed by atoms with Gasteiger partial charge in [0.2, 0.25) is 10.0 Å². The number of hydrogen-bond acceptors (Lipinski definition) is 4. The van der Waals surface area contributed by atoms with E-state index in [0.717, 1.165) is 6.07 Å². The Balaban J connectivity index is 2.94. The predicted octanol–water partition coefficient (Wildman–Crippen LogP) is 3.06. The van der Waals surface area contributed by atoms with Gasteiger partial charge in [0.25, 0.3) is 9.05 Å². The van der Waals surface area contributed by atoms with Crippen LogP contribution in [0.15, 0.2) is 23.1 Å². The van der Waals surface area contributed by atoms with Gasteiger partial charge in [0.05, 0.1) is 21.4 Å². The van der Waals surface area contributed by atoms with E-state index < -0.39 is 19.1 Å². The predicted molar refractivity (Wildman–Crippen MR) is 81.4 cm³/mol. The molecule has 0 radical (unpaired) electrons. The van der Waals surface area contributed by atoms with Gasteiger partial charge in [-0.15, -0.1) is 0 Å². The topological polar surface area (TPSA) is 80.3 Å². The summed E-state index contributed by atoms with van der Waals surface area (Å²) < 4.78 is 48.2. The summed E-state index contributed by atoms with van der Waals surface area (Å²) in [6.07, 6.45) is 0.515. The lowest BCUT2D eigenvalue weighted by molar-refractivity contribution is 0.578. The van der Waals surface area contributed by atoms with Crippen LogP contribution in [0, 0.1) is 5.92 Å². The van der Waals surface area contributed by atoms with E-state index in [1.54, 1.807) is 0 Å². The van der Waals surface area contributed by atoms with Crippen molar-refractivity contribution in [3.8, 4) is 0 Å². The van der Waals surface area contributed by atoms with Crippen LogP contribution in [0.2, 0.25) is 5.02 Å². The van der Waals surface area contributed by atoms with Gasteiger partial charge >= 0.3 is 0 Å². The molecule has 0 aliphatic heterocycles. The number of hydrogen-bond donors (Lipinski definition) is 1. The van der Waals surface area contributed by atoms with Gasteiger partial charge < -0.3 is 0 Å². The normalized spacial score (nSPS) is 12.7. The molecule has 1 aromatic carbocycles. The minimum absolute atomic E-state index is 0.0279. The lowest BCUT2D eigenvalue weighted by Gasteiger charge is -2.11. The molecule has 0 aromatic heterocycles. The molecule has 1 aromatic rings. The van der Waals surface area contributed by atoms with Gasteiger partial charge in [-0.05, 0) is 30.5 Å². The van der Waals surface area contributed by atoms with Crippen molar-refractivity contribution in [3.05, 3.63) is 23.2 Å². The summed E-state index contributed by atoms with van der Waals surface area (Å²) in [5.41, 5.74) is 0.125. The second kappa shape index (κ2) is 6.51. The zero-order chi connectivity index (χ0) is 15.6. The molecule has 0 aliphatic carbocycles.